The number of hydrogen-bond donors (Lipinski definition) is 4. The van der Waals surface area contributed by atoms with Crippen molar-refractivity contribution in [2.24, 2.45) is 0 Å². The fourth-order valence-corrected chi connectivity index (χ4v) is 4.67. The largest absolute Gasteiger partial charge is 0.467 e. The molecule has 0 aliphatic carbocycles. The highest BCUT2D eigenvalue weighted by molar-refractivity contribution is 5.91. The zero-order valence-corrected chi connectivity index (χ0v) is 27.5. The van der Waals surface area contributed by atoms with E-state index in [9.17, 15) is 24.0 Å². The number of amides is 4. The first-order chi connectivity index (χ1) is 21.7. The molecule has 0 aliphatic heterocycles. The number of urea groups is 1. The minimum atomic E-state index is -1.00. The van der Waals surface area contributed by atoms with Gasteiger partial charge in [-0.25, -0.2) is 19.2 Å². The molecule has 254 valence electrons. The molecule has 0 spiro atoms. The van der Waals surface area contributed by atoms with Crippen LogP contribution in [0.3, 0.4) is 0 Å². The minimum absolute atomic E-state index is 0.152. The van der Waals surface area contributed by atoms with Gasteiger partial charge in [0, 0.05) is 6.54 Å². The Bertz CT molecular complexity index is 1010. The topological polar surface area (TPSA) is 161 Å². The number of rotatable bonds is 23. The Kier molecular flexibility index (Phi) is 21.3. The van der Waals surface area contributed by atoms with Gasteiger partial charge < -0.3 is 35.5 Å². The summed E-state index contributed by atoms with van der Waals surface area (Å²) in [5.41, 5.74) is 0.872. The van der Waals surface area contributed by atoms with Crippen molar-refractivity contribution in [1.29, 1.82) is 0 Å². The molecule has 0 aliphatic rings. The van der Waals surface area contributed by atoms with Crippen LogP contribution in [0, 0.1) is 0 Å². The van der Waals surface area contributed by atoms with E-state index in [4.69, 9.17) is 14.2 Å². The molecule has 4 amide bonds. The highest BCUT2D eigenvalue weighted by Crippen LogP contribution is 2.10. The molecule has 3 atom stereocenters. The Balaban J connectivity index is 2.80. The average molecular weight is 635 g/mol. The van der Waals surface area contributed by atoms with Crippen molar-refractivity contribution in [1.82, 2.24) is 21.3 Å². The molecule has 0 bridgehead atoms. The van der Waals surface area contributed by atoms with E-state index in [1.54, 1.807) is 0 Å². The number of ether oxygens (including phenoxy) is 3. The summed E-state index contributed by atoms with van der Waals surface area (Å²) in [6, 6.07) is 5.91. The van der Waals surface area contributed by atoms with Crippen molar-refractivity contribution < 1.29 is 38.2 Å². The van der Waals surface area contributed by atoms with Gasteiger partial charge in [-0.15, -0.1) is 0 Å². The van der Waals surface area contributed by atoms with Crippen LogP contribution in [0.5, 0.6) is 0 Å². The first-order valence-electron chi connectivity index (χ1n) is 16.2. The van der Waals surface area contributed by atoms with Crippen LogP contribution in [0.15, 0.2) is 30.3 Å². The van der Waals surface area contributed by atoms with E-state index in [1.165, 1.54) is 14.2 Å². The number of benzene rings is 1. The zero-order chi connectivity index (χ0) is 33.3. The van der Waals surface area contributed by atoms with Gasteiger partial charge in [0.15, 0.2) is 0 Å². The second kappa shape index (κ2) is 24.5. The number of carbonyl (C=O) groups excluding carboxylic acids is 5. The van der Waals surface area contributed by atoms with Crippen molar-refractivity contribution in [3.8, 4) is 0 Å². The van der Waals surface area contributed by atoms with Crippen LogP contribution in [0.1, 0.15) is 103 Å². The number of alkyl carbamates (subject to hydrolysis) is 1. The molecule has 0 aromatic heterocycles. The van der Waals surface area contributed by atoms with E-state index in [-0.39, 0.29) is 13.0 Å². The molecule has 0 unspecified atom stereocenters. The Morgan fingerprint density at radius 2 is 1.16 bits per heavy atom. The molecule has 12 nitrogen and oxygen atoms in total. The number of methoxy groups -OCH3 is 2. The van der Waals surface area contributed by atoms with Crippen LogP contribution in [0.4, 0.5) is 9.59 Å². The van der Waals surface area contributed by atoms with Gasteiger partial charge in [0.25, 0.3) is 0 Å². The first kappa shape index (κ1) is 39.2. The lowest BCUT2D eigenvalue weighted by molar-refractivity contribution is -0.145. The number of hydrogen-bond acceptors (Lipinski definition) is 8. The molecule has 1 aromatic rings. The quantitative estimate of drug-likeness (QED) is 0.0752. The van der Waals surface area contributed by atoms with Gasteiger partial charge in [0.05, 0.1) is 14.2 Å². The average Bonchev–Trinajstić information content (AvgIpc) is 3.05. The molecule has 1 aromatic carbocycles. The maximum atomic E-state index is 13.4. The smallest absolute Gasteiger partial charge is 0.407 e. The highest BCUT2D eigenvalue weighted by atomic mass is 16.5. The molecular weight excluding hydrogens is 580 g/mol. The van der Waals surface area contributed by atoms with Crippen molar-refractivity contribution in [2.75, 3.05) is 20.8 Å². The van der Waals surface area contributed by atoms with Gasteiger partial charge in [0.2, 0.25) is 5.91 Å². The van der Waals surface area contributed by atoms with Gasteiger partial charge in [-0.1, -0.05) is 95.5 Å². The fraction of sp³-hybridized carbons (Fsp3) is 0.667. The van der Waals surface area contributed by atoms with Crippen LogP contribution in [0.2, 0.25) is 0 Å². The van der Waals surface area contributed by atoms with Crippen molar-refractivity contribution in [3.63, 3.8) is 0 Å². The third-order valence-electron chi connectivity index (χ3n) is 7.31. The predicted octanol–water partition coefficient (Wildman–Crippen LogP) is 4.89. The van der Waals surface area contributed by atoms with Crippen LogP contribution < -0.4 is 21.3 Å². The third-order valence-corrected chi connectivity index (χ3v) is 7.31. The number of esters is 2. The third kappa shape index (κ3) is 17.9. The molecular formula is C33H54N4O8. The van der Waals surface area contributed by atoms with E-state index >= 15 is 0 Å². The van der Waals surface area contributed by atoms with Crippen molar-refractivity contribution in [2.45, 2.75) is 122 Å². The zero-order valence-electron chi connectivity index (χ0n) is 27.5. The Hall–Kier alpha value is -3.83. The summed E-state index contributed by atoms with van der Waals surface area (Å²) in [4.78, 5) is 63.2. The summed E-state index contributed by atoms with van der Waals surface area (Å²) in [5, 5.41) is 10.7. The van der Waals surface area contributed by atoms with Gasteiger partial charge in [0.1, 0.15) is 24.7 Å². The summed E-state index contributed by atoms with van der Waals surface area (Å²) >= 11 is 0. The molecule has 1 rings (SSSR count). The lowest BCUT2D eigenvalue weighted by Gasteiger charge is -2.24. The molecule has 4 N–H and O–H groups in total. The summed E-state index contributed by atoms with van der Waals surface area (Å²) in [7, 11) is 2.53. The molecule has 0 fully saturated rings. The molecule has 0 saturated carbocycles. The van der Waals surface area contributed by atoms with Crippen molar-refractivity contribution in [3.05, 3.63) is 35.9 Å². The molecule has 12 heteroatoms. The van der Waals surface area contributed by atoms with E-state index in [0.717, 1.165) is 56.9 Å². The van der Waals surface area contributed by atoms with Crippen LogP contribution >= 0.6 is 0 Å². The van der Waals surface area contributed by atoms with Gasteiger partial charge in [-0.3, -0.25) is 4.79 Å². The summed E-state index contributed by atoms with van der Waals surface area (Å²) in [6.07, 6.45) is 8.85. The lowest BCUT2D eigenvalue weighted by atomic mass is 10.0. The SMILES string of the molecule is CCCCCC[C@H](NC(=O)N[C@@H](CCCCNC(=O)OCc1ccccc1)C(=O)N[C@@H](CCCCCC)C(=O)OC)C(=O)OC. The molecule has 0 heterocycles. The van der Waals surface area contributed by atoms with E-state index in [1.807, 2.05) is 30.3 Å². The molecule has 0 saturated heterocycles. The normalized spacial score (nSPS) is 12.6. The summed E-state index contributed by atoms with van der Waals surface area (Å²) < 4.78 is 15.0. The minimum Gasteiger partial charge on any atom is -0.467 e. The maximum absolute atomic E-state index is 13.4. The Morgan fingerprint density at radius 3 is 1.71 bits per heavy atom. The van der Waals surface area contributed by atoms with Crippen LogP contribution in [0.25, 0.3) is 0 Å². The van der Waals surface area contributed by atoms with Crippen LogP contribution in [-0.4, -0.2) is 68.9 Å². The van der Waals surface area contributed by atoms with E-state index < -0.39 is 48.1 Å². The molecule has 0 radical (unpaired) electrons. The first-order valence-corrected chi connectivity index (χ1v) is 16.2. The Morgan fingerprint density at radius 1 is 0.644 bits per heavy atom. The highest BCUT2D eigenvalue weighted by Gasteiger charge is 2.28. The standard InChI is InChI=1S/C33H54N4O8/c1-5-7-9-14-21-27(30(39)43-3)35-29(38)26(36-32(41)37-28(31(40)44-4)22-15-10-8-6-2)20-16-17-23-34-33(42)45-24-25-18-12-11-13-19-25/h11-13,18-19,26-28H,5-10,14-17,20-24H2,1-4H3,(H,34,42)(H,35,38)(H2,36,37,41)/t26-,27-,28-/m0/s1. The number of nitrogens with one attached hydrogen (secondary N) is 4. The second-order valence-corrected chi connectivity index (χ2v) is 11.0. The number of carbonyl (C=O) groups is 5. The molecule has 45 heavy (non-hydrogen) atoms. The van der Waals surface area contributed by atoms with Crippen LogP contribution in [-0.2, 0) is 35.2 Å². The predicted molar refractivity (Wildman–Crippen MR) is 171 cm³/mol. The summed E-state index contributed by atoms with van der Waals surface area (Å²) in [6.45, 7) is 4.62. The van der Waals surface area contributed by atoms with E-state index in [2.05, 4.69) is 35.1 Å². The van der Waals surface area contributed by atoms with Gasteiger partial charge in [-0.05, 0) is 37.7 Å². The fourth-order valence-electron chi connectivity index (χ4n) is 4.67. The Labute approximate surface area is 268 Å². The summed E-state index contributed by atoms with van der Waals surface area (Å²) in [5.74, 6) is -1.66. The second-order valence-electron chi connectivity index (χ2n) is 11.0. The van der Waals surface area contributed by atoms with Gasteiger partial charge >= 0.3 is 24.1 Å². The monoisotopic (exact) mass is 634 g/mol. The maximum Gasteiger partial charge on any atom is 0.407 e. The number of unbranched alkanes of at least 4 members (excludes halogenated alkanes) is 7. The van der Waals surface area contributed by atoms with Gasteiger partial charge in [-0.2, -0.15) is 0 Å². The lowest BCUT2D eigenvalue weighted by Crippen LogP contribution is -2.55. The van der Waals surface area contributed by atoms with E-state index in [0.29, 0.717) is 32.2 Å². The van der Waals surface area contributed by atoms with Crippen molar-refractivity contribution >= 4 is 30.0 Å².